The van der Waals surface area contributed by atoms with E-state index in [2.05, 4.69) is 5.32 Å². The van der Waals surface area contributed by atoms with E-state index in [-0.39, 0.29) is 39.4 Å². The number of ketones is 3. The quantitative estimate of drug-likeness (QED) is 0.430. The lowest BCUT2D eigenvalue weighted by Crippen LogP contribution is -2.43. The lowest BCUT2D eigenvalue weighted by molar-refractivity contribution is -0.128. The number of nitrogens with one attached hydrogen (secondary N) is 1. The van der Waals surface area contributed by atoms with Crippen molar-refractivity contribution >= 4 is 29.2 Å². The Morgan fingerprint density at radius 3 is 2.09 bits per heavy atom. The second-order valence-corrected chi connectivity index (χ2v) is 7.93. The summed E-state index contributed by atoms with van der Waals surface area (Å²) in [6.07, 6.45) is 0.304. The fourth-order valence-corrected chi connectivity index (χ4v) is 3.91. The number of fused-ring (bicyclic) bond motifs is 2. The van der Waals surface area contributed by atoms with Gasteiger partial charge in [0.25, 0.3) is 5.91 Å². The lowest BCUT2D eigenvalue weighted by Gasteiger charge is -2.19. The molecule has 1 aliphatic rings. The Balaban J connectivity index is 1.47. The largest absolute Gasteiger partial charge is 0.452 e. The number of carbonyl (C=O) groups is 5. The van der Waals surface area contributed by atoms with Crippen LogP contribution in [0, 0.1) is 0 Å². The van der Waals surface area contributed by atoms with Gasteiger partial charge in [0.15, 0.2) is 24.0 Å². The molecule has 0 aliphatic heterocycles. The van der Waals surface area contributed by atoms with E-state index in [4.69, 9.17) is 4.74 Å². The monoisotopic (exact) mass is 455 g/mol. The van der Waals surface area contributed by atoms with Gasteiger partial charge in [-0.05, 0) is 25.0 Å². The summed E-state index contributed by atoms with van der Waals surface area (Å²) in [5.41, 5.74) is 1.34. The van der Waals surface area contributed by atoms with Crippen LogP contribution in [0.2, 0.25) is 0 Å². The van der Waals surface area contributed by atoms with Crippen LogP contribution in [0.3, 0.4) is 0 Å². The third-order valence-corrected chi connectivity index (χ3v) is 5.62. The maximum absolute atomic E-state index is 13.0. The average molecular weight is 455 g/mol. The van der Waals surface area contributed by atoms with Gasteiger partial charge >= 0.3 is 5.97 Å². The van der Waals surface area contributed by atoms with Crippen LogP contribution >= 0.6 is 0 Å². The molecule has 0 aromatic heterocycles. The van der Waals surface area contributed by atoms with Crippen LogP contribution in [0.15, 0.2) is 72.8 Å². The molecule has 170 valence electrons. The molecule has 0 saturated heterocycles. The fourth-order valence-electron chi connectivity index (χ4n) is 3.91. The van der Waals surface area contributed by atoms with Gasteiger partial charge in [0.1, 0.15) is 0 Å². The van der Waals surface area contributed by atoms with Gasteiger partial charge in [-0.2, -0.15) is 0 Å². The Hall–Kier alpha value is -4.39. The van der Waals surface area contributed by atoms with E-state index < -0.39 is 30.3 Å². The molecule has 3 aromatic rings. The molecule has 1 aliphatic carbocycles. The molecule has 1 N–H and O–H groups in total. The predicted octanol–water partition coefficient (Wildman–Crippen LogP) is 2.94. The van der Waals surface area contributed by atoms with E-state index in [1.54, 1.807) is 18.2 Å². The molecule has 34 heavy (non-hydrogen) atoms. The number of hydrogen-bond donors (Lipinski definition) is 1. The van der Waals surface area contributed by atoms with Crippen molar-refractivity contribution in [1.82, 2.24) is 5.32 Å². The number of Topliss-reactive ketones (excluding diaryl/α,β-unsaturated/α-hetero) is 1. The topological polar surface area (TPSA) is 107 Å². The van der Waals surface area contributed by atoms with Crippen molar-refractivity contribution < 1.29 is 28.7 Å². The highest BCUT2D eigenvalue weighted by Crippen LogP contribution is 2.29. The Morgan fingerprint density at radius 1 is 0.794 bits per heavy atom. The van der Waals surface area contributed by atoms with Crippen molar-refractivity contribution in [3.05, 3.63) is 106 Å². The molecule has 4 rings (SSSR count). The summed E-state index contributed by atoms with van der Waals surface area (Å²) in [7, 11) is 0. The van der Waals surface area contributed by atoms with E-state index in [0.29, 0.717) is 6.42 Å². The summed E-state index contributed by atoms with van der Waals surface area (Å²) in [6, 6.07) is 19.2. The normalized spacial score (nSPS) is 12.9. The van der Waals surface area contributed by atoms with Crippen LogP contribution in [-0.2, 0) is 20.7 Å². The van der Waals surface area contributed by atoms with Crippen molar-refractivity contribution in [2.75, 3.05) is 6.61 Å². The summed E-state index contributed by atoms with van der Waals surface area (Å²) in [6.45, 7) is 0.733. The maximum atomic E-state index is 13.0. The van der Waals surface area contributed by atoms with Gasteiger partial charge in [0, 0.05) is 22.3 Å². The van der Waals surface area contributed by atoms with Crippen LogP contribution < -0.4 is 5.32 Å². The highest BCUT2D eigenvalue weighted by Gasteiger charge is 2.33. The first kappa shape index (κ1) is 22.8. The van der Waals surface area contributed by atoms with Gasteiger partial charge in [-0.1, -0.05) is 66.7 Å². The van der Waals surface area contributed by atoms with Crippen LogP contribution in [0.25, 0.3) is 0 Å². The van der Waals surface area contributed by atoms with Crippen LogP contribution in [0.4, 0.5) is 0 Å². The number of ether oxygens (including phenoxy) is 1. The Labute approximate surface area is 195 Å². The molecule has 0 saturated carbocycles. The molecule has 0 fully saturated rings. The number of carbonyl (C=O) groups excluding carboxylic acids is 5. The minimum atomic E-state index is -0.907. The first-order valence-electron chi connectivity index (χ1n) is 10.7. The predicted molar refractivity (Wildman–Crippen MR) is 123 cm³/mol. The van der Waals surface area contributed by atoms with Crippen LogP contribution in [0.5, 0.6) is 0 Å². The molecular formula is C27H21NO6. The second kappa shape index (κ2) is 9.62. The van der Waals surface area contributed by atoms with E-state index in [1.807, 2.05) is 30.3 Å². The standard InChI is InChI=1S/C27H21NO6/c1-16(29)22(14-17-8-3-2-4-9-17)28-23(30)15-34-27(33)21-13-7-12-20-24(21)26(32)19-11-6-5-10-18(19)25(20)31/h2-13,22H,14-15H2,1H3,(H,28,30)/t22-/m0/s1. The summed E-state index contributed by atoms with van der Waals surface area (Å²) >= 11 is 0. The molecule has 0 unspecified atom stereocenters. The first-order chi connectivity index (χ1) is 16.4. The molecule has 1 atom stereocenters. The van der Waals surface area contributed by atoms with Crippen molar-refractivity contribution in [2.45, 2.75) is 19.4 Å². The van der Waals surface area contributed by atoms with Gasteiger partial charge in [-0.15, -0.1) is 0 Å². The number of rotatable bonds is 7. The van der Waals surface area contributed by atoms with Gasteiger partial charge in [0.2, 0.25) is 0 Å². The van der Waals surface area contributed by atoms with Crippen LogP contribution in [-0.4, -0.2) is 41.9 Å². The molecule has 7 heteroatoms. The number of amides is 1. The summed E-state index contributed by atoms with van der Waals surface area (Å²) in [5.74, 6) is -2.61. The second-order valence-electron chi connectivity index (χ2n) is 7.93. The van der Waals surface area contributed by atoms with Crippen molar-refractivity contribution in [1.29, 1.82) is 0 Å². The molecule has 0 heterocycles. The zero-order valence-corrected chi connectivity index (χ0v) is 18.4. The van der Waals surface area contributed by atoms with E-state index >= 15 is 0 Å². The fraction of sp³-hybridized carbons (Fsp3) is 0.148. The summed E-state index contributed by atoms with van der Waals surface area (Å²) < 4.78 is 5.13. The van der Waals surface area contributed by atoms with Gasteiger partial charge < -0.3 is 10.1 Å². The summed E-state index contributed by atoms with van der Waals surface area (Å²) in [5, 5.41) is 2.58. The molecule has 0 radical (unpaired) electrons. The summed E-state index contributed by atoms with van der Waals surface area (Å²) in [4.78, 5) is 63.0. The third kappa shape index (κ3) is 4.54. The smallest absolute Gasteiger partial charge is 0.339 e. The SMILES string of the molecule is CC(=O)[C@H](Cc1ccccc1)NC(=O)COC(=O)c1cccc2c1C(=O)c1ccccc1C2=O. The molecule has 1 amide bonds. The zero-order valence-electron chi connectivity index (χ0n) is 18.4. The molecule has 0 spiro atoms. The van der Waals surface area contributed by atoms with Gasteiger partial charge in [-0.25, -0.2) is 4.79 Å². The lowest BCUT2D eigenvalue weighted by atomic mass is 9.82. The van der Waals surface area contributed by atoms with Crippen molar-refractivity contribution in [3.8, 4) is 0 Å². The highest BCUT2D eigenvalue weighted by atomic mass is 16.5. The van der Waals surface area contributed by atoms with E-state index in [9.17, 15) is 24.0 Å². The van der Waals surface area contributed by atoms with Crippen molar-refractivity contribution in [3.63, 3.8) is 0 Å². The molecule has 3 aromatic carbocycles. The van der Waals surface area contributed by atoms with E-state index in [1.165, 1.54) is 31.2 Å². The third-order valence-electron chi connectivity index (χ3n) is 5.62. The molecule has 7 nitrogen and oxygen atoms in total. The highest BCUT2D eigenvalue weighted by molar-refractivity contribution is 6.30. The average Bonchev–Trinajstić information content (AvgIpc) is 2.85. The molecule has 0 bridgehead atoms. The Morgan fingerprint density at radius 2 is 1.41 bits per heavy atom. The Bertz CT molecular complexity index is 1310. The van der Waals surface area contributed by atoms with Crippen molar-refractivity contribution in [2.24, 2.45) is 0 Å². The number of benzene rings is 3. The van der Waals surface area contributed by atoms with Crippen LogP contribution in [0.1, 0.15) is 54.7 Å². The number of esters is 1. The first-order valence-corrected chi connectivity index (χ1v) is 10.7. The van der Waals surface area contributed by atoms with E-state index in [0.717, 1.165) is 5.56 Å². The van der Waals surface area contributed by atoms with Gasteiger partial charge in [0.05, 0.1) is 11.6 Å². The molecular weight excluding hydrogens is 434 g/mol. The number of hydrogen-bond acceptors (Lipinski definition) is 6. The zero-order chi connectivity index (χ0) is 24.2. The minimum Gasteiger partial charge on any atom is -0.452 e. The van der Waals surface area contributed by atoms with Gasteiger partial charge in [-0.3, -0.25) is 19.2 Å². The maximum Gasteiger partial charge on any atom is 0.339 e. The Kier molecular flexibility index (Phi) is 6.45. The minimum absolute atomic E-state index is 0.0395.